The summed E-state index contributed by atoms with van der Waals surface area (Å²) in [5.74, 6) is -0.743. The number of carbonyl (C=O) groups excluding carboxylic acids is 1. The lowest BCUT2D eigenvalue weighted by atomic mass is 10.1. The maximum Gasteiger partial charge on any atom is 0.165 e. The van der Waals surface area contributed by atoms with Crippen molar-refractivity contribution in [3.8, 4) is 5.75 Å². The number of hydrogen-bond donors (Lipinski definition) is 1. The van der Waals surface area contributed by atoms with E-state index in [0.29, 0.717) is 5.56 Å². The van der Waals surface area contributed by atoms with Crippen LogP contribution in [0.2, 0.25) is 0 Å². The highest BCUT2D eigenvalue weighted by molar-refractivity contribution is 5.94. The summed E-state index contributed by atoms with van der Waals surface area (Å²) < 4.78 is 18.1. The normalized spacial score (nSPS) is 9.93. The smallest absolute Gasteiger partial charge is 0.165 e. The van der Waals surface area contributed by atoms with Crippen molar-refractivity contribution in [3.05, 3.63) is 29.6 Å². The van der Waals surface area contributed by atoms with Gasteiger partial charge >= 0.3 is 0 Å². The highest BCUT2D eigenvalue weighted by Gasteiger charge is 2.06. The zero-order chi connectivity index (χ0) is 10.6. The summed E-state index contributed by atoms with van der Waals surface area (Å²) in [4.78, 5) is 10.9. The standard InChI is InChI=1S/C10H11FO3/c1-7(13)8-2-3-10(9(11)6-8)14-5-4-12/h2-3,6,12H,4-5H2,1H3. The van der Waals surface area contributed by atoms with Crippen LogP contribution in [0.3, 0.4) is 0 Å². The number of ketones is 1. The molecule has 1 rings (SSSR count). The molecular weight excluding hydrogens is 187 g/mol. The molecule has 4 heteroatoms. The predicted molar refractivity (Wildman–Crippen MR) is 49.0 cm³/mol. The van der Waals surface area contributed by atoms with Gasteiger partial charge in [-0.3, -0.25) is 4.79 Å². The summed E-state index contributed by atoms with van der Waals surface area (Å²) in [5.41, 5.74) is 0.304. The summed E-state index contributed by atoms with van der Waals surface area (Å²) in [5, 5.41) is 8.46. The van der Waals surface area contributed by atoms with Crippen LogP contribution in [0.25, 0.3) is 0 Å². The van der Waals surface area contributed by atoms with Crippen LogP contribution in [0.4, 0.5) is 4.39 Å². The number of aliphatic hydroxyl groups is 1. The Balaban J connectivity index is 2.84. The maximum absolute atomic E-state index is 13.2. The van der Waals surface area contributed by atoms with Gasteiger partial charge in [-0.25, -0.2) is 4.39 Å². The number of carbonyl (C=O) groups is 1. The minimum atomic E-state index is -0.592. The van der Waals surface area contributed by atoms with Crippen molar-refractivity contribution in [2.24, 2.45) is 0 Å². The van der Waals surface area contributed by atoms with Crippen molar-refractivity contribution in [2.45, 2.75) is 6.92 Å². The fourth-order valence-corrected chi connectivity index (χ4v) is 0.992. The van der Waals surface area contributed by atoms with Gasteiger partial charge in [0, 0.05) is 5.56 Å². The van der Waals surface area contributed by atoms with E-state index >= 15 is 0 Å². The first kappa shape index (κ1) is 10.7. The molecule has 1 aromatic carbocycles. The fourth-order valence-electron chi connectivity index (χ4n) is 0.992. The predicted octanol–water partition coefficient (Wildman–Crippen LogP) is 1.40. The van der Waals surface area contributed by atoms with Crippen molar-refractivity contribution in [1.29, 1.82) is 0 Å². The van der Waals surface area contributed by atoms with E-state index in [4.69, 9.17) is 9.84 Å². The van der Waals surface area contributed by atoms with Crippen molar-refractivity contribution < 1.29 is 19.0 Å². The monoisotopic (exact) mass is 198 g/mol. The van der Waals surface area contributed by atoms with E-state index < -0.39 is 5.82 Å². The SMILES string of the molecule is CC(=O)c1ccc(OCCO)c(F)c1. The van der Waals surface area contributed by atoms with Crippen LogP contribution < -0.4 is 4.74 Å². The molecule has 0 unspecified atom stereocenters. The van der Waals surface area contributed by atoms with E-state index in [1.54, 1.807) is 0 Å². The van der Waals surface area contributed by atoms with Gasteiger partial charge in [0.1, 0.15) is 6.61 Å². The van der Waals surface area contributed by atoms with Crippen LogP contribution in [0.15, 0.2) is 18.2 Å². The summed E-state index contributed by atoms with van der Waals surface area (Å²) in [7, 11) is 0. The van der Waals surface area contributed by atoms with Crippen LogP contribution >= 0.6 is 0 Å². The van der Waals surface area contributed by atoms with E-state index in [0.717, 1.165) is 6.07 Å². The summed E-state index contributed by atoms with van der Waals surface area (Å²) >= 11 is 0. The molecule has 76 valence electrons. The lowest BCUT2D eigenvalue weighted by molar-refractivity contribution is 0.101. The molecule has 0 aliphatic rings. The topological polar surface area (TPSA) is 46.5 Å². The van der Waals surface area contributed by atoms with E-state index in [1.165, 1.54) is 19.1 Å². The molecule has 0 fully saturated rings. The highest BCUT2D eigenvalue weighted by Crippen LogP contribution is 2.18. The first-order valence-corrected chi connectivity index (χ1v) is 4.19. The molecule has 0 amide bonds. The van der Waals surface area contributed by atoms with E-state index in [2.05, 4.69) is 0 Å². The first-order valence-electron chi connectivity index (χ1n) is 4.19. The third kappa shape index (κ3) is 2.53. The van der Waals surface area contributed by atoms with Gasteiger partial charge < -0.3 is 9.84 Å². The van der Waals surface area contributed by atoms with Crippen LogP contribution in [0.5, 0.6) is 5.75 Å². The minimum Gasteiger partial charge on any atom is -0.488 e. The van der Waals surface area contributed by atoms with Crippen molar-refractivity contribution in [1.82, 2.24) is 0 Å². The number of rotatable bonds is 4. The molecule has 0 atom stereocenters. The summed E-state index contributed by atoms with van der Waals surface area (Å²) in [6, 6.07) is 3.98. The van der Waals surface area contributed by atoms with Crippen molar-refractivity contribution >= 4 is 5.78 Å². The largest absolute Gasteiger partial charge is 0.488 e. The minimum absolute atomic E-state index is 0.0380. The van der Waals surface area contributed by atoms with Crippen LogP contribution in [0, 0.1) is 5.82 Å². The lowest BCUT2D eigenvalue weighted by Crippen LogP contribution is -2.04. The van der Waals surface area contributed by atoms with Gasteiger partial charge in [-0.1, -0.05) is 0 Å². The zero-order valence-corrected chi connectivity index (χ0v) is 7.79. The third-order valence-corrected chi connectivity index (χ3v) is 1.69. The molecule has 0 saturated heterocycles. The lowest BCUT2D eigenvalue weighted by Gasteiger charge is -2.05. The number of hydrogen-bond acceptors (Lipinski definition) is 3. The molecule has 0 saturated carbocycles. The molecule has 0 aromatic heterocycles. The Bertz CT molecular complexity index is 336. The average Bonchev–Trinajstić information content (AvgIpc) is 2.15. The number of Topliss-reactive ketones (excluding diaryl/α,β-unsaturated/α-hetero) is 1. The molecule has 1 aromatic rings. The molecular formula is C10H11FO3. The van der Waals surface area contributed by atoms with Crippen LogP contribution in [-0.2, 0) is 0 Å². The molecule has 0 spiro atoms. The second-order valence-electron chi connectivity index (χ2n) is 2.77. The second kappa shape index (κ2) is 4.72. The Morgan fingerprint density at radius 3 is 2.79 bits per heavy atom. The van der Waals surface area contributed by atoms with Gasteiger partial charge in [0.2, 0.25) is 0 Å². The Morgan fingerprint density at radius 2 is 2.29 bits per heavy atom. The molecule has 0 radical (unpaired) electrons. The second-order valence-corrected chi connectivity index (χ2v) is 2.77. The van der Waals surface area contributed by atoms with Gasteiger partial charge in [-0.2, -0.15) is 0 Å². The van der Waals surface area contributed by atoms with Crippen LogP contribution in [0.1, 0.15) is 17.3 Å². The van der Waals surface area contributed by atoms with Crippen LogP contribution in [-0.4, -0.2) is 24.1 Å². The third-order valence-electron chi connectivity index (χ3n) is 1.69. The first-order chi connectivity index (χ1) is 6.65. The highest BCUT2D eigenvalue weighted by atomic mass is 19.1. The Kier molecular flexibility index (Phi) is 3.59. The number of aliphatic hydroxyl groups excluding tert-OH is 1. The van der Waals surface area contributed by atoms with Gasteiger partial charge in [0.25, 0.3) is 0 Å². The Labute approximate surface area is 81.1 Å². The maximum atomic E-state index is 13.2. The summed E-state index contributed by atoms with van der Waals surface area (Å²) in [6.45, 7) is 1.23. The summed E-state index contributed by atoms with van der Waals surface area (Å²) in [6.07, 6.45) is 0. The molecule has 0 bridgehead atoms. The van der Waals surface area contributed by atoms with Crippen molar-refractivity contribution in [2.75, 3.05) is 13.2 Å². The molecule has 0 aliphatic heterocycles. The van der Waals surface area contributed by atoms with Gasteiger partial charge in [0.05, 0.1) is 6.61 Å². The van der Waals surface area contributed by atoms with Crippen molar-refractivity contribution in [3.63, 3.8) is 0 Å². The molecule has 14 heavy (non-hydrogen) atoms. The number of ether oxygens (including phenoxy) is 1. The van der Waals surface area contributed by atoms with Gasteiger partial charge in [-0.15, -0.1) is 0 Å². The zero-order valence-electron chi connectivity index (χ0n) is 7.79. The molecule has 0 aliphatic carbocycles. The Hall–Kier alpha value is -1.42. The van der Waals surface area contributed by atoms with E-state index in [-0.39, 0.29) is 24.7 Å². The number of halogens is 1. The Morgan fingerprint density at radius 1 is 1.57 bits per heavy atom. The fraction of sp³-hybridized carbons (Fsp3) is 0.300. The van der Waals surface area contributed by atoms with Gasteiger partial charge in [0.15, 0.2) is 17.3 Å². The van der Waals surface area contributed by atoms with Gasteiger partial charge in [-0.05, 0) is 25.1 Å². The van der Waals surface area contributed by atoms with E-state index in [1.807, 2.05) is 0 Å². The molecule has 1 N–H and O–H groups in total. The molecule has 3 nitrogen and oxygen atoms in total. The average molecular weight is 198 g/mol. The molecule has 0 heterocycles. The number of benzene rings is 1. The quantitative estimate of drug-likeness (QED) is 0.744. The van der Waals surface area contributed by atoms with E-state index in [9.17, 15) is 9.18 Å².